The number of methoxy groups -OCH3 is 2. The number of carbonyl (C=O) groups excluding carboxylic acids is 1. The van der Waals surface area contributed by atoms with Gasteiger partial charge < -0.3 is 19.5 Å². The van der Waals surface area contributed by atoms with Crippen LogP contribution in [0.1, 0.15) is 52.7 Å². The second-order valence-electron chi connectivity index (χ2n) is 8.99. The van der Waals surface area contributed by atoms with Crippen molar-refractivity contribution in [1.29, 1.82) is 0 Å². The fourth-order valence-corrected chi connectivity index (χ4v) is 6.84. The van der Waals surface area contributed by atoms with E-state index in [1.54, 1.807) is 13.2 Å². The van der Waals surface area contributed by atoms with Gasteiger partial charge in [-0.1, -0.05) is 12.7 Å². The summed E-state index contributed by atoms with van der Waals surface area (Å²) in [6, 6.07) is 10.3. The first kappa shape index (κ1) is 21.4. The number of hydrogen-bond donors (Lipinski definition) is 1. The molecule has 0 aromatic heterocycles. The Balaban J connectivity index is 1.57. The third-order valence-electron chi connectivity index (χ3n) is 7.46. The normalized spacial score (nSPS) is 27.2. The summed E-state index contributed by atoms with van der Waals surface area (Å²) in [4.78, 5) is 12.2. The number of benzene rings is 2. The predicted octanol–water partition coefficient (Wildman–Crippen LogP) is 6.11. The summed E-state index contributed by atoms with van der Waals surface area (Å²) < 4.78 is 17.4. The van der Waals surface area contributed by atoms with Crippen LogP contribution in [0.2, 0.25) is 0 Å². The molecule has 0 saturated heterocycles. The highest BCUT2D eigenvalue weighted by molar-refractivity contribution is 9.10. The molecule has 2 saturated carbocycles. The molecule has 2 aliphatic carbocycles. The van der Waals surface area contributed by atoms with E-state index in [4.69, 9.17) is 14.2 Å². The van der Waals surface area contributed by atoms with Crippen LogP contribution in [0.15, 0.2) is 47.5 Å². The van der Waals surface area contributed by atoms with Gasteiger partial charge >= 0.3 is 5.97 Å². The van der Waals surface area contributed by atoms with E-state index in [2.05, 4.69) is 40.0 Å². The Labute approximate surface area is 197 Å². The summed E-state index contributed by atoms with van der Waals surface area (Å²) in [5.74, 6) is 3.40. The third-order valence-corrected chi connectivity index (χ3v) is 8.05. The van der Waals surface area contributed by atoms with Crippen LogP contribution in [0.5, 0.6) is 11.5 Å². The lowest BCUT2D eigenvalue weighted by molar-refractivity contribution is 0.0600. The van der Waals surface area contributed by atoms with Gasteiger partial charge in [0.15, 0.2) is 11.5 Å². The molecule has 0 spiro atoms. The molecule has 5 rings (SSSR count). The van der Waals surface area contributed by atoms with Crippen molar-refractivity contribution >= 4 is 27.6 Å². The molecule has 2 aromatic rings. The number of fused-ring (bicyclic) bond motifs is 7. The number of hydrogen-bond acceptors (Lipinski definition) is 5. The van der Waals surface area contributed by atoms with Crippen LogP contribution in [0.3, 0.4) is 0 Å². The number of esters is 1. The fraction of sp³-hybridized carbons (Fsp3) is 0.423. The van der Waals surface area contributed by atoms with E-state index in [9.17, 15) is 4.79 Å². The van der Waals surface area contributed by atoms with Gasteiger partial charge in [0.05, 0.1) is 30.3 Å². The number of nitrogens with one attached hydrogen (secondary N) is 1. The maximum absolute atomic E-state index is 12.2. The Kier molecular flexibility index (Phi) is 5.66. The molecule has 5 unspecified atom stereocenters. The topological polar surface area (TPSA) is 56.8 Å². The summed E-state index contributed by atoms with van der Waals surface area (Å²) in [7, 11) is 3.11. The lowest BCUT2D eigenvalue weighted by Gasteiger charge is -2.43. The van der Waals surface area contributed by atoms with Crippen molar-refractivity contribution in [2.75, 3.05) is 26.1 Å². The minimum absolute atomic E-state index is 0.172. The minimum atomic E-state index is -0.279. The monoisotopic (exact) mass is 497 g/mol. The summed E-state index contributed by atoms with van der Waals surface area (Å²) in [5, 5.41) is 3.81. The lowest BCUT2D eigenvalue weighted by Crippen LogP contribution is -2.35. The summed E-state index contributed by atoms with van der Waals surface area (Å²) >= 11 is 3.70. The van der Waals surface area contributed by atoms with Gasteiger partial charge in [0.1, 0.15) is 6.61 Å². The average molecular weight is 498 g/mol. The molecule has 1 heterocycles. The van der Waals surface area contributed by atoms with Crippen LogP contribution in [0, 0.1) is 17.8 Å². The Bertz CT molecular complexity index is 1070. The summed E-state index contributed by atoms with van der Waals surface area (Å²) in [5.41, 5.74) is 4.18. The van der Waals surface area contributed by atoms with Gasteiger partial charge in [-0.25, -0.2) is 4.79 Å². The first-order chi connectivity index (χ1) is 15.5. The standard InChI is InChI=1S/C26H28BrNO4/c1-4-9-32-25-19(27)12-17(13-21(25)30-2)24-23-15-6-5-14(10-15)22(23)18-11-16(26(29)31-3)7-8-20(18)28-24/h4,7-8,11-15,22-24,28H,1,5-6,9-10H2,2-3H3. The third kappa shape index (κ3) is 3.40. The lowest BCUT2D eigenvalue weighted by atomic mass is 9.68. The van der Waals surface area contributed by atoms with Gasteiger partial charge in [0, 0.05) is 5.69 Å². The molecular formula is C26H28BrNO4. The molecule has 32 heavy (non-hydrogen) atoms. The van der Waals surface area contributed by atoms with Crippen LogP contribution < -0.4 is 14.8 Å². The highest BCUT2D eigenvalue weighted by Crippen LogP contribution is 2.64. The zero-order valence-electron chi connectivity index (χ0n) is 18.4. The molecule has 3 aliphatic rings. The first-order valence-corrected chi connectivity index (χ1v) is 11.9. The van der Waals surface area contributed by atoms with E-state index in [1.807, 2.05) is 18.2 Å². The molecule has 6 heteroatoms. The minimum Gasteiger partial charge on any atom is -0.493 e. The molecule has 1 N–H and O–H groups in total. The van der Waals surface area contributed by atoms with Gasteiger partial charge in [-0.3, -0.25) is 0 Å². The molecule has 0 amide bonds. The zero-order valence-corrected chi connectivity index (χ0v) is 20.0. The number of rotatable bonds is 6. The van der Waals surface area contributed by atoms with Gasteiger partial charge in [-0.15, -0.1) is 0 Å². The summed E-state index contributed by atoms with van der Waals surface area (Å²) in [6.45, 7) is 4.15. The Morgan fingerprint density at radius 1 is 1.22 bits per heavy atom. The Hall–Kier alpha value is -2.47. The highest BCUT2D eigenvalue weighted by atomic mass is 79.9. The van der Waals surface area contributed by atoms with Crippen molar-refractivity contribution in [3.8, 4) is 11.5 Å². The molecular weight excluding hydrogens is 470 g/mol. The smallest absolute Gasteiger partial charge is 0.337 e. The molecule has 2 aromatic carbocycles. The van der Waals surface area contributed by atoms with Gasteiger partial charge in [0.2, 0.25) is 0 Å². The Morgan fingerprint density at radius 2 is 2.03 bits per heavy atom. The largest absolute Gasteiger partial charge is 0.493 e. The van der Waals surface area contributed by atoms with Crippen LogP contribution >= 0.6 is 15.9 Å². The SMILES string of the molecule is C=CCOc1c(Br)cc(C2Nc3ccc(C(=O)OC)cc3C3C4CCC(C4)C23)cc1OC. The Morgan fingerprint density at radius 3 is 2.78 bits per heavy atom. The molecule has 5 nitrogen and oxygen atoms in total. The van der Waals surface area contributed by atoms with Crippen LogP contribution in [-0.2, 0) is 4.74 Å². The van der Waals surface area contributed by atoms with E-state index < -0.39 is 0 Å². The van der Waals surface area contributed by atoms with Crippen molar-refractivity contribution in [3.05, 3.63) is 64.1 Å². The van der Waals surface area contributed by atoms with Gasteiger partial charge in [-0.2, -0.15) is 0 Å². The second-order valence-corrected chi connectivity index (χ2v) is 9.84. The van der Waals surface area contributed by atoms with E-state index in [-0.39, 0.29) is 12.0 Å². The maximum atomic E-state index is 12.2. The maximum Gasteiger partial charge on any atom is 0.337 e. The van der Waals surface area contributed by atoms with Crippen molar-refractivity contribution in [2.45, 2.75) is 31.2 Å². The van der Waals surface area contributed by atoms with E-state index in [0.29, 0.717) is 47.3 Å². The van der Waals surface area contributed by atoms with E-state index in [1.165, 1.54) is 37.5 Å². The van der Waals surface area contributed by atoms with Crippen molar-refractivity contribution in [3.63, 3.8) is 0 Å². The molecule has 5 atom stereocenters. The van der Waals surface area contributed by atoms with E-state index >= 15 is 0 Å². The first-order valence-electron chi connectivity index (χ1n) is 11.2. The number of ether oxygens (including phenoxy) is 3. The summed E-state index contributed by atoms with van der Waals surface area (Å²) in [6.07, 6.45) is 5.52. The van der Waals surface area contributed by atoms with Gasteiger partial charge in [0.25, 0.3) is 0 Å². The average Bonchev–Trinajstić information content (AvgIpc) is 3.44. The van der Waals surface area contributed by atoms with Crippen LogP contribution in [-0.4, -0.2) is 26.8 Å². The predicted molar refractivity (Wildman–Crippen MR) is 128 cm³/mol. The molecule has 2 fully saturated rings. The molecule has 1 aliphatic heterocycles. The quantitative estimate of drug-likeness (QED) is 0.385. The molecule has 2 bridgehead atoms. The number of anilines is 1. The van der Waals surface area contributed by atoms with Crippen molar-refractivity contribution in [1.82, 2.24) is 0 Å². The molecule has 0 radical (unpaired) electrons. The van der Waals surface area contributed by atoms with Crippen LogP contribution in [0.25, 0.3) is 0 Å². The fourth-order valence-electron chi connectivity index (χ4n) is 6.26. The highest BCUT2D eigenvalue weighted by Gasteiger charge is 2.54. The molecule has 168 valence electrons. The number of halogens is 1. The number of carbonyl (C=O) groups is 1. The zero-order chi connectivity index (χ0) is 22.4. The van der Waals surface area contributed by atoms with Crippen LogP contribution in [0.4, 0.5) is 5.69 Å². The second kappa shape index (κ2) is 8.47. The van der Waals surface area contributed by atoms with E-state index in [0.717, 1.165) is 10.2 Å². The van der Waals surface area contributed by atoms with Gasteiger partial charge in [-0.05, 0) is 100 Å². The van der Waals surface area contributed by atoms with Crippen molar-refractivity contribution in [2.24, 2.45) is 17.8 Å². The van der Waals surface area contributed by atoms with Crippen molar-refractivity contribution < 1.29 is 19.0 Å².